The van der Waals surface area contributed by atoms with Gasteiger partial charge in [-0.05, 0) is 32.1 Å². The van der Waals surface area contributed by atoms with E-state index in [1.807, 2.05) is 0 Å². The molecule has 0 aliphatic heterocycles. The molecule has 0 spiro atoms. The number of aliphatic hydroxyl groups is 1. The van der Waals surface area contributed by atoms with E-state index in [0.717, 1.165) is 0 Å². The lowest BCUT2D eigenvalue weighted by Gasteiger charge is -2.39. The highest BCUT2D eigenvalue weighted by Crippen LogP contribution is 2.16. The van der Waals surface area contributed by atoms with Crippen LogP contribution in [0.15, 0.2) is 0 Å². The summed E-state index contributed by atoms with van der Waals surface area (Å²) in [6.07, 6.45) is 9.98. The second kappa shape index (κ2) is 17.2. The summed E-state index contributed by atoms with van der Waals surface area (Å²) in [6.45, 7) is 16.6. The highest BCUT2D eigenvalue weighted by molar-refractivity contribution is 5.69. The SMILES string of the molecule is CCC(O)C(=O)[O-].CCCC[N+](CCCC)(CCCC)CCCC. The molecule has 24 heavy (non-hydrogen) atoms. The Morgan fingerprint density at radius 1 is 0.792 bits per heavy atom. The lowest BCUT2D eigenvalue weighted by Crippen LogP contribution is -2.50. The van der Waals surface area contributed by atoms with Crippen LogP contribution in [0.25, 0.3) is 0 Å². The Balaban J connectivity index is 0. The van der Waals surface area contributed by atoms with Gasteiger partial charge in [-0.1, -0.05) is 60.3 Å². The van der Waals surface area contributed by atoms with Crippen LogP contribution in [0.4, 0.5) is 0 Å². The third kappa shape index (κ3) is 13.8. The Kier molecular flexibility index (Phi) is 18.4. The van der Waals surface area contributed by atoms with Crippen LogP contribution in [-0.4, -0.2) is 47.8 Å². The van der Waals surface area contributed by atoms with E-state index in [4.69, 9.17) is 5.11 Å². The van der Waals surface area contributed by atoms with Crippen LogP contribution in [0, 0.1) is 0 Å². The van der Waals surface area contributed by atoms with Crippen LogP contribution >= 0.6 is 0 Å². The summed E-state index contributed by atoms with van der Waals surface area (Å²) >= 11 is 0. The summed E-state index contributed by atoms with van der Waals surface area (Å²) < 4.78 is 1.42. The van der Waals surface area contributed by atoms with Crippen molar-refractivity contribution in [2.75, 3.05) is 26.2 Å². The first-order valence-electron chi connectivity index (χ1n) is 10.2. The zero-order valence-corrected chi connectivity index (χ0v) is 17.0. The minimum atomic E-state index is -1.40. The number of carbonyl (C=O) groups is 1. The van der Waals surface area contributed by atoms with E-state index < -0.39 is 12.1 Å². The molecule has 0 fully saturated rings. The van der Waals surface area contributed by atoms with Crippen molar-refractivity contribution in [3.05, 3.63) is 0 Å². The molecule has 0 radical (unpaired) electrons. The first-order chi connectivity index (χ1) is 11.4. The summed E-state index contributed by atoms with van der Waals surface area (Å²) in [5.41, 5.74) is 0. The molecular formula is C20H43NO3. The number of aliphatic carboxylic acids is 1. The van der Waals surface area contributed by atoms with Crippen molar-refractivity contribution in [1.29, 1.82) is 0 Å². The maximum Gasteiger partial charge on any atom is 0.0931 e. The molecule has 4 heteroatoms. The molecule has 0 aromatic heterocycles. The van der Waals surface area contributed by atoms with Crippen LogP contribution in [-0.2, 0) is 4.79 Å². The average Bonchev–Trinajstić information content (AvgIpc) is 2.60. The van der Waals surface area contributed by atoms with Crippen LogP contribution in [0.2, 0.25) is 0 Å². The molecule has 0 saturated heterocycles. The standard InChI is InChI=1S/C16H36N.C4H8O3/c1-5-9-13-17(14-10-6-2,15-11-7-3)16-12-8-4;1-2-3(5)4(6)7/h5-16H2,1-4H3;3,5H,2H2,1H3,(H,6,7)/q+1;/p-1. The lowest BCUT2D eigenvalue weighted by molar-refractivity contribution is -0.929. The zero-order chi connectivity index (χ0) is 18.8. The fraction of sp³-hybridized carbons (Fsp3) is 0.950. The molecule has 1 unspecified atom stereocenters. The van der Waals surface area contributed by atoms with Crippen molar-refractivity contribution in [1.82, 2.24) is 0 Å². The third-order valence-electron chi connectivity index (χ3n) is 4.60. The molecule has 0 aromatic carbocycles. The van der Waals surface area contributed by atoms with Gasteiger partial charge in [-0.3, -0.25) is 0 Å². The maximum absolute atomic E-state index is 9.57. The average molecular weight is 346 g/mol. The maximum atomic E-state index is 9.57. The van der Waals surface area contributed by atoms with Crippen LogP contribution in [0.3, 0.4) is 0 Å². The van der Waals surface area contributed by atoms with E-state index >= 15 is 0 Å². The van der Waals surface area contributed by atoms with Gasteiger partial charge in [0.25, 0.3) is 0 Å². The summed E-state index contributed by atoms with van der Waals surface area (Å²) in [7, 11) is 0. The third-order valence-corrected chi connectivity index (χ3v) is 4.60. The number of hydrogen-bond donors (Lipinski definition) is 1. The van der Waals surface area contributed by atoms with Gasteiger partial charge in [-0.2, -0.15) is 0 Å². The molecule has 0 aromatic rings. The van der Waals surface area contributed by atoms with Gasteiger partial charge in [0.2, 0.25) is 0 Å². The van der Waals surface area contributed by atoms with Crippen molar-refractivity contribution in [3.63, 3.8) is 0 Å². The van der Waals surface area contributed by atoms with E-state index in [-0.39, 0.29) is 6.42 Å². The van der Waals surface area contributed by atoms with E-state index in [2.05, 4.69) is 27.7 Å². The fourth-order valence-corrected chi connectivity index (χ4v) is 2.81. The first-order valence-corrected chi connectivity index (χ1v) is 10.2. The Hall–Kier alpha value is -0.610. The number of rotatable bonds is 14. The highest BCUT2D eigenvalue weighted by atomic mass is 16.4. The molecule has 0 aliphatic rings. The Bertz CT molecular complexity index is 245. The molecule has 4 nitrogen and oxygen atoms in total. The van der Waals surface area contributed by atoms with Gasteiger partial charge in [-0.25, -0.2) is 0 Å². The first kappa shape index (κ1) is 25.6. The van der Waals surface area contributed by atoms with Crippen molar-refractivity contribution >= 4 is 5.97 Å². The van der Waals surface area contributed by atoms with E-state index in [9.17, 15) is 9.90 Å². The van der Waals surface area contributed by atoms with Crippen LogP contribution in [0.5, 0.6) is 0 Å². The molecule has 0 bridgehead atoms. The van der Waals surface area contributed by atoms with Crippen LogP contribution in [0.1, 0.15) is 92.4 Å². The molecule has 1 atom stereocenters. The van der Waals surface area contributed by atoms with Gasteiger partial charge in [0.1, 0.15) is 0 Å². The van der Waals surface area contributed by atoms with Crippen LogP contribution < -0.4 is 5.11 Å². The molecule has 146 valence electrons. The molecule has 0 saturated carbocycles. The van der Waals surface area contributed by atoms with Gasteiger partial charge in [0, 0.05) is 0 Å². The highest BCUT2D eigenvalue weighted by Gasteiger charge is 2.24. The number of aliphatic hydroxyl groups excluding tert-OH is 1. The van der Waals surface area contributed by atoms with Gasteiger partial charge in [0.05, 0.1) is 38.3 Å². The molecule has 0 aliphatic carbocycles. The number of quaternary nitrogens is 1. The lowest BCUT2D eigenvalue weighted by atomic mass is 10.1. The number of unbranched alkanes of at least 4 members (excludes halogenated alkanes) is 4. The Morgan fingerprint density at radius 2 is 1.08 bits per heavy atom. The summed E-state index contributed by atoms with van der Waals surface area (Å²) in [5, 5.41) is 17.8. The number of carbonyl (C=O) groups excluding carboxylic acids is 1. The van der Waals surface area contributed by atoms with Crippen molar-refractivity contribution < 1.29 is 19.5 Å². The molecule has 0 heterocycles. The predicted octanol–water partition coefficient (Wildman–Crippen LogP) is 3.51. The molecule has 0 rings (SSSR count). The van der Waals surface area contributed by atoms with Crippen molar-refractivity contribution in [2.24, 2.45) is 0 Å². The van der Waals surface area contributed by atoms with Gasteiger partial charge >= 0.3 is 0 Å². The van der Waals surface area contributed by atoms with E-state index in [1.54, 1.807) is 6.92 Å². The zero-order valence-electron chi connectivity index (χ0n) is 17.0. The minimum Gasteiger partial charge on any atom is -0.547 e. The normalized spacial score (nSPS) is 12.4. The number of nitrogens with zero attached hydrogens (tertiary/aromatic N) is 1. The number of carboxylic acids is 1. The quantitative estimate of drug-likeness (QED) is 0.490. The van der Waals surface area contributed by atoms with E-state index in [0.29, 0.717) is 0 Å². The fourth-order valence-electron chi connectivity index (χ4n) is 2.81. The monoisotopic (exact) mass is 345 g/mol. The Morgan fingerprint density at radius 3 is 1.21 bits per heavy atom. The van der Waals surface area contributed by atoms with E-state index in [1.165, 1.54) is 82.0 Å². The number of carboxylic acid groups (broad SMARTS) is 1. The molecule has 1 N–H and O–H groups in total. The summed E-state index contributed by atoms with van der Waals surface area (Å²) in [6, 6.07) is 0. The Labute approximate surface area is 150 Å². The number of hydrogen-bond acceptors (Lipinski definition) is 3. The summed E-state index contributed by atoms with van der Waals surface area (Å²) in [5.74, 6) is -1.40. The predicted molar refractivity (Wildman–Crippen MR) is 101 cm³/mol. The van der Waals surface area contributed by atoms with Crippen molar-refractivity contribution in [2.45, 2.75) is 98.5 Å². The van der Waals surface area contributed by atoms with Gasteiger partial charge in [-0.15, -0.1) is 0 Å². The molecular weight excluding hydrogens is 302 g/mol. The van der Waals surface area contributed by atoms with Gasteiger partial charge < -0.3 is 19.5 Å². The summed E-state index contributed by atoms with van der Waals surface area (Å²) in [4.78, 5) is 9.57. The van der Waals surface area contributed by atoms with Gasteiger partial charge in [0.15, 0.2) is 0 Å². The topological polar surface area (TPSA) is 60.4 Å². The second-order valence-corrected chi connectivity index (χ2v) is 6.89. The van der Waals surface area contributed by atoms with Crippen molar-refractivity contribution in [3.8, 4) is 0 Å². The molecule has 0 amide bonds. The minimum absolute atomic E-state index is 0.211. The second-order valence-electron chi connectivity index (χ2n) is 6.89. The smallest absolute Gasteiger partial charge is 0.0931 e. The largest absolute Gasteiger partial charge is 0.547 e.